The van der Waals surface area contributed by atoms with E-state index in [1.54, 1.807) is 0 Å². The molecule has 6 nitrogen and oxygen atoms in total. The van der Waals surface area contributed by atoms with Gasteiger partial charge in [-0.3, -0.25) is 4.79 Å². The number of carboxylic acids is 1. The topological polar surface area (TPSA) is 71.2 Å². The van der Waals surface area contributed by atoms with Crippen molar-refractivity contribution in [2.24, 2.45) is 5.92 Å². The average molecular weight is 278 g/mol. The molecule has 1 aromatic rings. The molecule has 1 aromatic heterocycles. The van der Waals surface area contributed by atoms with Crippen LogP contribution in [0.2, 0.25) is 0 Å². The molecule has 3 heterocycles. The van der Waals surface area contributed by atoms with Gasteiger partial charge < -0.3 is 14.6 Å². The molecular weight excluding hydrogens is 256 g/mol. The Morgan fingerprint density at radius 2 is 2.15 bits per heavy atom. The summed E-state index contributed by atoms with van der Waals surface area (Å²) in [5.74, 6) is 0.865. The average Bonchev–Trinajstić information content (AvgIpc) is 2.84. The van der Waals surface area contributed by atoms with Gasteiger partial charge in [-0.25, -0.2) is 0 Å². The van der Waals surface area contributed by atoms with E-state index in [-0.39, 0.29) is 5.92 Å². The molecule has 0 saturated carbocycles. The second-order valence-electron chi connectivity index (χ2n) is 6.05. The fraction of sp³-hybridized carbons (Fsp3) is 0.786. The van der Waals surface area contributed by atoms with Gasteiger partial charge in [0.05, 0.1) is 5.92 Å². The van der Waals surface area contributed by atoms with Crippen molar-refractivity contribution in [1.82, 2.24) is 19.7 Å². The predicted molar refractivity (Wildman–Crippen MR) is 73.4 cm³/mol. The predicted octanol–water partition coefficient (Wildman–Crippen LogP) is 0.952. The Morgan fingerprint density at radius 1 is 1.30 bits per heavy atom. The zero-order valence-corrected chi connectivity index (χ0v) is 12.0. The third kappa shape index (κ3) is 2.57. The van der Waals surface area contributed by atoms with Crippen LogP contribution in [0.25, 0.3) is 0 Å². The van der Waals surface area contributed by atoms with E-state index in [1.165, 1.54) is 19.3 Å². The number of aliphatic carboxylic acids is 1. The smallest absolute Gasteiger partial charge is 0.307 e. The molecule has 0 radical (unpaired) electrons. The van der Waals surface area contributed by atoms with E-state index in [0.29, 0.717) is 18.9 Å². The highest BCUT2D eigenvalue weighted by Gasteiger charge is 2.29. The van der Waals surface area contributed by atoms with E-state index >= 15 is 0 Å². The monoisotopic (exact) mass is 278 g/mol. The van der Waals surface area contributed by atoms with Gasteiger partial charge in [0.25, 0.3) is 0 Å². The first-order valence-electron chi connectivity index (χ1n) is 7.49. The minimum Gasteiger partial charge on any atom is -0.481 e. The minimum absolute atomic E-state index is 0.295. The number of hydrogen-bond donors (Lipinski definition) is 1. The molecule has 2 aliphatic heterocycles. The zero-order valence-electron chi connectivity index (χ0n) is 12.0. The van der Waals surface area contributed by atoms with Crippen molar-refractivity contribution in [3.8, 4) is 0 Å². The maximum Gasteiger partial charge on any atom is 0.307 e. The van der Waals surface area contributed by atoms with Crippen LogP contribution in [0, 0.1) is 5.92 Å². The number of nitrogens with zero attached hydrogens (tertiary/aromatic N) is 4. The van der Waals surface area contributed by atoms with Crippen LogP contribution in [0.3, 0.4) is 0 Å². The minimum atomic E-state index is -0.715. The standard InChI is InChI=1S/C14H22N4O2/c1-17-6-3-2-4-11(17)9-13-16-15-12-8-10(14(19)20)5-7-18(12)13/h10-11H,2-9H2,1H3,(H,19,20). The lowest BCUT2D eigenvalue weighted by Crippen LogP contribution is -2.38. The molecule has 0 spiro atoms. The summed E-state index contributed by atoms with van der Waals surface area (Å²) in [6.07, 6.45) is 5.93. The number of carboxylic acid groups (broad SMARTS) is 1. The van der Waals surface area contributed by atoms with Crippen molar-refractivity contribution >= 4 is 5.97 Å². The molecule has 0 bridgehead atoms. The molecule has 0 aliphatic carbocycles. The SMILES string of the molecule is CN1CCCCC1Cc1nnc2n1CCC(C(=O)O)C2. The van der Waals surface area contributed by atoms with Crippen molar-refractivity contribution in [2.75, 3.05) is 13.6 Å². The van der Waals surface area contributed by atoms with Crippen molar-refractivity contribution < 1.29 is 9.90 Å². The molecule has 1 fully saturated rings. The summed E-state index contributed by atoms with van der Waals surface area (Å²) in [4.78, 5) is 13.5. The van der Waals surface area contributed by atoms with Crippen LogP contribution < -0.4 is 0 Å². The van der Waals surface area contributed by atoms with E-state index in [0.717, 1.165) is 31.2 Å². The summed E-state index contributed by atoms with van der Waals surface area (Å²) in [5.41, 5.74) is 0. The highest BCUT2D eigenvalue weighted by Crippen LogP contribution is 2.23. The lowest BCUT2D eigenvalue weighted by atomic mass is 9.97. The molecule has 1 saturated heterocycles. The lowest BCUT2D eigenvalue weighted by Gasteiger charge is -2.32. The number of fused-ring (bicyclic) bond motifs is 1. The number of piperidine rings is 1. The first-order chi connectivity index (χ1) is 9.65. The van der Waals surface area contributed by atoms with Gasteiger partial charge >= 0.3 is 5.97 Å². The fourth-order valence-corrected chi connectivity index (χ4v) is 3.36. The Kier molecular flexibility index (Phi) is 3.74. The van der Waals surface area contributed by atoms with Crippen LogP contribution in [-0.4, -0.2) is 50.4 Å². The molecule has 1 N–H and O–H groups in total. The first kappa shape index (κ1) is 13.5. The van der Waals surface area contributed by atoms with E-state index in [1.807, 2.05) is 0 Å². The molecule has 110 valence electrons. The molecule has 3 rings (SSSR count). The van der Waals surface area contributed by atoms with Crippen LogP contribution in [0.15, 0.2) is 0 Å². The van der Waals surface area contributed by atoms with E-state index < -0.39 is 5.97 Å². The Bertz CT molecular complexity index is 499. The molecule has 0 amide bonds. The Hall–Kier alpha value is -1.43. The first-order valence-corrected chi connectivity index (χ1v) is 7.49. The van der Waals surface area contributed by atoms with Crippen molar-refractivity contribution in [3.63, 3.8) is 0 Å². The molecular formula is C14H22N4O2. The van der Waals surface area contributed by atoms with Crippen LogP contribution in [0.1, 0.15) is 37.3 Å². The van der Waals surface area contributed by atoms with Crippen molar-refractivity contribution in [2.45, 2.75) is 51.1 Å². The molecule has 2 aliphatic rings. The molecule has 6 heteroatoms. The summed E-state index contributed by atoms with van der Waals surface area (Å²) in [7, 11) is 2.18. The third-order valence-corrected chi connectivity index (χ3v) is 4.72. The summed E-state index contributed by atoms with van der Waals surface area (Å²) < 4.78 is 2.14. The summed E-state index contributed by atoms with van der Waals surface area (Å²) in [6, 6.07) is 0.550. The molecule has 0 aromatic carbocycles. The number of likely N-dealkylation sites (N-methyl/N-ethyl adjacent to an activating group) is 1. The Balaban J connectivity index is 1.72. The van der Waals surface area contributed by atoms with Crippen molar-refractivity contribution in [1.29, 1.82) is 0 Å². The van der Waals surface area contributed by atoms with Gasteiger partial charge in [0.2, 0.25) is 0 Å². The van der Waals surface area contributed by atoms with Gasteiger partial charge in [0.15, 0.2) is 0 Å². The quantitative estimate of drug-likeness (QED) is 0.891. The number of carbonyl (C=O) groups is 1. The summed E-state index contributed by atoms with van der Waals surface area (Å²) >= 11 is 0. The van der Waals surface area contributed by atoms with E-state index in [4.69, 9.17) is 5.11 Å². The lowest BCUT2D eigenvalue weighted by molar-refractivity contribution is -0.142. The fourth-order valence-electron chi connectivity index (χ4n) is 3.36. The number of rotatable bonds is 3. The van der Waals surface area contributed by atoms with Crippen LogP contribution in [0.5, 0.6) is 0 Å². The van der Waals surface area contributed by atoms with Gasteiger partial charge in [-0.05, 0) is 32.9 Å². The number of likely N-dealkylation sites (tertiary alicyclic amines) is 1. The number of aromatic nitrogens is 3. The Labute approximate surface area is 118 Å². The van der Waals surface area contributed by atoms with Crippen LogP contribution >= 0.6 is 0 Å². The maximum atomic E-state index is 11.1. The normalized spacial score (nSPS) is 27.2. The highest BCUT2D eigenvalue weighted by molar-refractivity contribution is 5.70. The van der Waals surface area contributed by atoms with Gasteiger partial charge in [-0.2, -0.15) is 0 Å². The highest BCUT2D eigenvalue weighted by atomic mass is 16.4. The van der Waals surface area contributed by atoms with Gasteiger partial charge in [-0.1, -0.05) is 6.42 Å². The molecule has 2 atom stereocenters. The second kappa shape index (κ2) is 5.52. The maximum absolute atomic E-state index is 11.1. The van der Waals surface area contributed by atoms with Crippen LogP contribution in [0.4, 0.5) is 0 Å². The van der Waals surface area contributed by atoms with Gasteiger partial charge in [0.1, 0.15) is 11.6 Å². The van der Waals surface area contributed by atoms with Gasteiger partial charge in [-0.15, -0.1) is 10.2 Å². The van der Waals surface area contributed by atoms with E-state index in [9.17, 15) is 4.79 Å². The number of hydrogen-bond acceptors (Lipinski definition) is 4. The largest absolute Gasteiger partial charge is 0.481 e. The summed E-state index contributed by atoms with van der Waals surface area (Å²) in [5, 5.41) is 17.6. The Morgan fingerprint density at radius 3 is 2.90 bits per heavy atom. The summed E-state index contributed by atoms with van der Waals surface area (Å²) in [6.45, 7) is 1.90. The van der Waals surface area contributed by atoms with Crippen LogP contribution in [-0.2, 0) is 24.2 Å². The van der Waals surface area contributed by atoms with E-state index in [2.05, 4.69) is 26.7 Å². The molecule has 20 heavy (non-hydrogen) atoms. The molecule has 2 unspecified atom stereocenters. The third-order valence-electron chi connectivity index (χ3n) is 4.72. The van der Waals surface area contributed by atoms with Gasteiger partial charge in [0, 0.05) is 25.4 Å². The van der Waals surface area contributed by atoms with Crippen molar-refractivity contribution in [3.05, 3.63) is 11.6 Å². The zero-order chi connectivity index (χ0) is 14.1. The second-order valence-corrected chi connectivity index (χ2v) is 6.05.